The SMILES string of the molecule is COCCCNC(=O)c1ccc(/C=C2\OC3C=CC=CC3=[N+](C)C2=O)cc1. The number of methoxy groups -OCH3 is 1. The van der Waals surface area contributed by atoms with Crippen LogP contribution in [0.25, 0.3) is 6.08 Å². The first kappa shape index (κ1) is 18.8. The highest BCUT2D eigenvalue weighted by Crippen LogP contribution is 2.20. The van der Waals surface area contributed by atoms with E-state index in [0.717, 1.165) is 17.7 Å². The summed E-state index contributed by atoms with van der Waals surface area (Å²) in [7, 11) is 3.37. The molecule has 6 nitrogen and oxygen atoms in total. The number of amides is 2. The average Bonchev–Trinajstić information content (AvgIpc) is 2.69. The molecule has 3 rings (SSSR count). The highest BCUT2D eigenvalue weighted by molar-refractivity contribution is 6.05. The topological polar surface area (TPSA) is 67.6 Å². The summed E-state index contributed by atoms with van der Waals surface area (Å²) < 4.78 is 12.4. The Kier molecular flexibility index (Phi) is 5.98. The van der Waals surface area contributed by atoms with Crippen LogP contribution in [0.15, 0.2) is 54.3 Å². The molecule has 2 aliphatic rings. The first-order chi connectivity index (χ1) is 13.1. The lowest BCUT2D eigenvalue weighted by Gasteiger charge is -2.21. The van der Waals surface area contributed by atoms with Crippen LogP contribution < -0.4 is 5.32 Å². The number of benzene rings is 1. The molecule has 1 heterocycles. The molecule has 0 fully saturated rings. The lowest BCUT2D eigenvalue weighted by atomic mass is 10.1. The number of ether oxygens (including phenoxy) is 2. The first-order valence-electron chi connectivity index (χ1n) is 8.85. The number of allylic oxidation sites excluding steroid dienone is 2. The molecule has 1 unspecified atom stereocenters. The molecule has 27 heavy (non-hydrogen) atoms. The van der Waals surface area contributed by atoms with E-state index in [1.165, 1.54) is 0 Å². The Bertz CT molecular complexity index is 847. The molecule has 1 aliphatic carbocycles. The summed E-state index contributed by atoms with van der Waals surface area (Å²) in [6.45, 7) is 1.18. The van der Waals surface area contributed by atoms with Crippen LogP contribution >= 0.6 is 0 Å². The van der Waals surface area contributed by atoms with Gasteiger partial charge < -0.3 is 14.8 Å². The van der Waals surface area contributed by atoms with Crippen molar-refractivity contribution in [2.75, 3.05) is 27.3 Å². The Morgan fingerprint density at radius 2 is 2.07 bits per heavy atom. The molecular weight excluding hydrogens is 344 g/mol. The molecule has 1 aromatic carbocycles. The molecule has 140 valence electrons. The third-order valence-electron chi connectivity index (χ3n) is 4.39. The van der Waals surface area contributed by atoms with Gasteiger partial charge in [0, 0.05) is 31.9 Å². The third-order valence-corrected chi connectivity index (χ3v) is 4.39. The van der Waals surface area contributed by atoms with E-state index in [1.807, 2.05) is 24.3 Å². The van der Waals surface area contributed by atoms with Crippen molar-refractivity contribution >= 4 is 23.6 Å². The molecule has 2 amide bonds. The summed E-state index contributed by atoms with van der Waals surface area (Å²) in [4.78, 5) is 24.6. The minimum Gasteiger partial charge on any atom is -0.465 e. The molecule has 1 atom stereocenters. The second kappa shape index (κ2) is 8.60. The van der Waals surface area contributed by atoms with Crippen molar-refractivity contribution < 1.29 is 23.6 Å². The second-order valence-electron chi connectivity index (χ2n) is 6.30. The molecule has 0 aromatic heterocycles. The number of nitrogens with one attached hydrogen (secondary N) is 1. The predicted octanol–water partition coefficient (Wildman–Crippen LogP) is 1.93. The lowest BCUT2D eigenvalue weighted by molar-refractivity contribution is -0.424. The molecule has 0 saturated heterocycles. The van der Waals surface area contributed by atoms with Gasteiger partial charge in [0.05, 0.1) is 0 Å². The molecule has 0 spiro atoms. The van der Waals surface area contributed by atoms with Crippen molar-refractivity contribution in [2.45, 2.75) is 12.5 Å². The summed E-state index contributed by atoms with van der Waals surface area (Å²) >= 11 is 0. The van der Waals surface area contributed by atoms with E-state index >= 15 is 0 Å². The second-order valence-corrected chi connectivity index (χ2v) is 6.30. The van der Waals surface area contributed by atoms with Crippen LogP contribution in [-0.2, 0) is 14.3 Å². The Morgan fingerprint density at radius 3 is 2.81 bits per heavy atom. The van der Waals surface area contributed by atoms with Gasteiger partial charge in [-0.05, 0) is 36.3 Å². The number of likely N-dealkylation sites (N-methyl/N-ethyl adjacent to an activating group) is 1. The molecular formula is C21H23N2O4+. The maximum absolute atomic E-state index is 12.5. The lowest BCUT2D eigenvalue weighted by Crippen LogP contribution is -2.40. The minimum atomic E-state index is -0.263. The average molecular weight is 367 g/mol. The van der Waals surface area contributed by atoms with E-state index in [0.29, 0.717) is 18.7 Å². The Morgan fingerprint density at radius 1 is 1.30 bits per heavy atom. The fourth-order valence-electron chi connectivity index (χ4n) is 2.88. The van der Waals surface area contributed by atoms with Crippen LogP contribution in [0.2, 0.25) is 0 Å². The number of carbonyl (C=O) groups excluding carboxylic acids is 2. The van der Waals surface area contributed by atoms with Crippen molar-refractivity contribution in [2.24, 2.45) is 0 Å². The molecule has 1 aromatic rings. The molecule has 0 radical (unpaired) electrons. The van der Waals surface area contributed by atoms with E-state index < -0.39 is 0 Å². The summed E-state index contributed by atoms with van der Waals surface area (Å²) in [6.07, 6.45) is 9.76. The van der Waals surface area contributed by atoms with Crippen LogP contribution in [0.4, 0.5) is 0 Å². The van der Waals surface area contributed by atoms with Crippen LogP contribution in [0.1, 0.15) is 22.3 Å². The van der Waals surface area contributed by atoms with E-state index in [-0.39, 0.29) is 23.7 Å². The standard InChI is InChI=1S/C21H22N2O4/c1-23-17-6-3-4-7-18(17)27-19(21(23)25)14-15-8-10-16(11-9-15)20(24)22-12-5-13-26-2/h3-4,6-11,14,18H,5,12-13H2,1-2H3/p+1/b19-14-. The third kappa shape index (κ3) is 4.41. The summed E-state index contributed by atoms with van der Waals surface area (Å²) in [5.74, 6) is -0.0440. The van der Waals surface area contributed by atoms with Gasteiger partial charge in [-0.3, -0.25) is 4.79 Å². The van der Waals surface area contributed by atoms with Gasteiger partial charge in [0.15, 0.2) is 0 Å². The van der Waals surface area contributed by atoms with Crippen molar-refractivity contribution in [1.29, 1.82) is 0 Å². The fraction of sp³-hybridized carbons (Fsp3) is 0.286. The van der Waals surface area contributed by atoms with Crippen LogP contribution in [0.5, 0.6) is 0 Å². The van der Waals surface area contributed by atoms with Gasteiger partial charge in [-0.15, -0.1) is 0 Å². The van der Waals surface area contributed by atoms with E-state index in [2.05, 4.69) is 5.32 Å². The first-order valence-corrected chi connectivity index (χ1v) is 8.85. The highest BCUT2D eigenvalue weighted by atomic mass is 16.5. The van der Waals surface area contributed by atoms with Crippen LogP contribution in [-0.4, -0.2) is 55.5 Å². The van der Waals surface area contributed by atoms with Gasteiger partial charge in [-0.2, -0.15) is 4.58 Å². The molecule has 1 aliphatic heterocycles. The van der Waals surface area contributed by atoms with Crippen molar-refractivity contribution in [3.05, 3.63) is 65.5 Å². The quantitative estimate of drug-likeness (QED) is 0.474. The predicted molar refractivity (Wildman–Crippen MR) is 103 cm³/mol. The van der Waals surface area contributed by atoms with Gasteiger partial charge in [0.25, 0.3) is 5.91 Å². The fourth-order valence-corrected chi connectivity index (χ4v) is 2.88. The normalized spacial score (nSPS) is 19.9. The monoisotopic (exact) mass is 367 g/mol. The van der Waals surface area contributed by atoms with Crippen LogP contribution in [0, 0.1) is 0 Å². The van der Waals surface area contributed by atoms with Gasteiger partial charge >= 0.3 is 5.91 Å². The number of fused-ring (bicyclic) bond motifs is 1. The van der Waals surface area contributed by atoms with E-state index in [1.54, 1.807) is 49.1 Å². The maximum Gasteiger partial charge on any atom is 0.454 e. The van der Waals surface area contributed by atoms with E-state index in [4.69, 9.17) is 9.47 Å². The van der Waals surface area contributed by atoms with Gasteiger partial charge in [-0.1, -0.05) is 24.3 Å². The minimum absolute atomic E-state index is 0.131. The van der Waals surface area contributed by atoms with Crippen molar-refractivity contribution in [1.82, 2.24) is 5.32 Å². The van der Waals surface area contributed by atoms with Crippen LogP contribution in [0.3, 0.4) is 0 Å². The van der Waals surface area contributed by atoms with Gasteiger partial charge in [0.1, 0.15) is 7.05 Å². The summed E-state index contributed by atoms with van der Waals surface area (Å²) in [6, 6.07) is 7.05. The number of hydrogen-bond donors (Lipinski definition) is 1. The molecule has 0 saturated carbocycles. The number of nitrogens with zero attached hydrogens (tertiary/aromatic N) is 1. The summed E-state index contributed by atoms with van der Waals surface area (Å²) in [5, 5.41) is 2.84. The van der Waals surface area contributed by atoms with Gasteiger partial charge in [-0.25, -0.2) is 4.79 Å². The maximum atomic E-state index is 12.5. The largest absolute Gasteiger partial charge is 0.465 e. The number of rotatable bonds is 6. The Balaban J connectivity index is 1.70. The molecule has 6 heteroatoms. The Hall–Kier alpha value is -2.99. The molecule has 0 bridgehead atoms. The Labute approximate surface area is 158 Å². The smallest absolute Gasteiger partial charge is 0.454 e. The zero-order chi connectivity index (χ0) is 19.2. The van der Waals surface area contributed by atoms with Crippen molar-refractivity contribution in [3.8, 4) is 0 Å². The van der Waals surface area contributed by atoms with Crippen molar-refractivity contribution in [3.63, 3.8) is 0 Å². The van der Waals surface area contributed by atoms with Gasteiger partial charge in [0.2, 0.25) is 17.6 Å². The summed E-state index contributed by atoms with van der Waals surface area (Å²) in [5.41, 5.74) is 2.18. The van der Waals surface area contributed by atoms with E-state index in [9.17, 15) is 9.59 Å². The number of carbonyl (C=O) groups is 2. The number of hydrogen-bond acceptors (Lipinski definition) is 4. The zero-order valence-corrected chi connectivity index (χ0v) is 15.5. The highest BCUT2D eigenvalue weighted by Gasteiger charge is 2.37. The zero-order valence-electron chi connectivity index (χ0n) is 15.5. The molecule has 1 N–H and O–H groups in total.